The molecular weight excluding hydrogens is 603 g/mol. The van der Waals surface area contributed by atoms with Gasteiger partial charge in [-0.25, -0.2) is 28.1 Å². The van der Waals surface area contributed by atoms with Crippen LogP contribution in [0.15, 0.2) is 79.9 Å². The Labute approximate surface area is 246 Å². The number of hydrogen-bond donors (Lipinski definition) is 4. The van der Waals surface area contributed by atoms with E-state index in [9.17, 15) is 21.6 Å². The summed E-state index contributed by atoms with van der Waals surface area (Å²) in [6.45, 7) is 3.44. The average Bonchev–Trinajstić information content (AvgIpc) is 3.25. The van der Waals surface area contributed by atoms with E-state index in [0.717, 1.165) is 28.8 Å². The summed E-state index contributed by atoms with van der Waals surface area (Å²) < 4.78 is 67.4. The van der Waals surface area contributed by atoms with E-state index in [1.165, 1.54) is 24.3 Å². The molecule has 0 aliphatic rings. The number of benzene rings is 2. The van der Waals surface area contributed by atoms with Gasteiger partial charge in [-0.1, -0.05) is 0 Å². The van der Waals surface area contributed by atoms with E-state index in [2.05, 4.69) is 45.2 Å². The molecule has 0 aliphatic carbocycles. The normalized spacial score (nSPS) is 12.5. The molecule has 0 spiro atoms. The van der Waals surface area contributed by atoms with Crippen LogP contribution in [-0.2, 0) is 16.2 Å². The van der Waals surface area contributed by atoms with E-state index in [0.29, 0.717) is 11.4 Å². The topological polar surface area (TPSA) is 230 Å². The largest absolute Gasteiger partial charge is 0.416 e. The molecule has 15 nitrogen and oxygen atoms in total. The molecule has 0 amide bonds. The van der Waals surface area contributed by atoms with E-state index >= 15 is 0 Å². The Bertz CT molecular complexity index is 2020. The van der Waals surface area contributed by atoms with Crippen LogP contribution >= 0.6 is 0 Å². The number of nitrogen functional groups attached to an aromatic ring is 3. The Morgan fingerprint density at radius 2 is 1.32 bits per heavy atom. The van der Waals surface area contributed by atoms with Gasteiger partial charge in [-0.15, -0.1) is 15.3 Å². The highest BCUT2D eigenvalue weighted by Gasteiger charge is 2.30. The lowest BCUT2D eigenvalue weighted by atomic mass is 10.2. The quantitative estimate of drug-likeness (QED) is 0.166. The third-order valence-corrected chi connectivity index (χ3v) is 7.23. The summed E-state index contributed by atoms with van der Waals surface area (Å²) in [5, 5.41) is 20.0. The standard InChI is InChI=1S/C25H22F3N13O2S/c1-12-11-13(2)33-24(32-12)40-44(42,43)17-9-7-16(8-10-17)35-37-18-20(29)34-23-19(21(30)39-41(23)22(18)31)38-36-15-5-3-14(4-6-15)25(26,27)28/h3-11H,31H2,1-2H3,(H2,29,34)(H2,30,39)(H,32,33,40). The van der Waals surface area contributed by atoms with E-state index in [4.69, 9.17) is 17.2 Å². The number of azo groups is 2. The number of aromatic nitrogens is 5. The predicted octanol–water partition coefficient (Wildman–Crippen LogP) is 5.53. The molecule has 0 bridgehead atoms. The smallest absolute Gasteiger partial charge is 0.382 e. The van der Waals surface area contributed by atoms with Crippen LogP contribution in [0.25, 0.3) is 5.65 Å². The second-order valence-electron chi connectivity index (χ2n) is 9.22. The first-order valence-corrected chi connectivity index (χ1v) is 13.9. The number of halogens is 3. The molecule has 3 heterocycles. The first-order valence-electron chi connectivity index (χ1n) is 12.4. The van der Waals surface area contributed by atoms with Crippen LogP contribution in [0, 0.1) is 13.8 Å². The van der Waals surface area contributed by atoms with E-state index in [1.807, 2.05) is 0 Å². The molecule has 5 aromatic rings. The molecule has 0 atom stereocenters. The van der Waals surface area contributed by atoms with Crippen molar-refractivity contribution in [2.24, 2.45) is 20.5 Å². The van der Waals surface area contributed by atoms with Crippen molar-refractivity contribution in [3.05, 3.63) is 71.5 Å². The maximum atomic E-state index is 12.8. The van der Waals surface area contributed by atoms with Gasteiger partial charge in [0.1, 0.15) is 0 Å². The van der Waals surface area contributed by atoms with Crippen LogP contribution < -0.4 is 21.9 Å². The highest BCUT2D eigenvalue weighted by molar-refractivity contribution is 7.92. The highest BCUT2D eigenvalue weighted by atomic mass is 32.2. The van der Waals surface area contributed by atoms with Crippen LogP contribution in [-0.4, -0.2) is 33.0 Å². The Hall–Kier alpha value is -5.72. The van der Waals surface area contributed by atoms with Crippen molar-refractivity contribution < 1.29 is 21.6 Å². The van der Waals surface area contributed by atoms with Gasteiger partial charge >= 0.3 is 6.18 Å². The van der Waals surface area contributed by atoms with Gasteiger partial charge < -0.3 is 17.2 Å². The fourth-order valence-corrected chi connectivity index (χ4v) is 4.80. The van der Waals surface area contributed by atoms with Gasteiger partial charge in [-0.2, -0.15) is 27.9 Å². The lowest BCUT2D eigenvalue weighted by molar-refractivity contribution is -0.137. The number of anilines is 4. The maximum Gasteiger partial charge on any atom is 0.416 e. The fraction of sp³-hybridized carbons (Fsp3) is 0.120. The van der Waals surface area contributed by atoms with Gasteiger partial charge in [0.2, 0.25) is 5.95 Å². The Morgan fingerprint density at radius 1 is 0.773 bits per heavy atom. The summed E-state index contributed by atoms with van der Waals surface area (Å²) in [7, 11) is -3.98. The van der Waals surface area contributed by atoms with Gasteiger partial charge in [0.25, 0.3) is 10.0 Å². The summed E-state index contributed by atoms with van der Waals surface area (Å²) >= 11 is 0. The van der Waals surface area contributed by atoms with E-state index in [-0.39, 0.29) is 56.7 Å². The second-order valence-corrected chi connectivity index (χ2v) is 10.9. The van der Waals surface area contributed by atoms with Crippen molar-refractivity contribution in [1.29, 1.82) is 0 Å². The Balaban J connectivity index is 1.37. The molecule has 19 heteroatoms. The lowest BCUT2D eigenvalue weighted by Crippen LogP contribution is -2.15. The summed E-state index contributed by atoms with van der Waals surface area (Å²) in [6.07, 6.45) is -4.49. The SMILES string of the molecule is Cc1cc(C)nc(NS(=O)(=O)c2ccc(N=Nc3c(N)nc4c(N=Nc5ccc(C(F)(F)F)cc5)c(N)nn4c3N)cc2)n1. The molecule has 3 aromatic heterocycles. The number of sulfonamides is 1. The molecular formula is C25H22F3N13O2S. The molecule has 0 saturated carbocycles. The van der Waals surface area contributed by atoms with Gasteiger partial charge in [0.05, 0.1) is 21.8 Å². The molecule has 0 aliphatic heterocycles. The van der Waals surface area contributed by atoms with Gasteiger partial charge in [-0.05, 0) is 68.4 Å². The molecule has 0 unspecified atom stereocenters. The van der Waals surface area contributed by atoms with Crippen molar-refractivity contribution in [3.8, 4) is 0 Å². The fourth-order valence-electron chi connectivity index (χ4n) is 3.86. The van der Waals surface area contributed by atoms with Gasteiger partial charge in [0, 0.05) is 11.4 Å². The van der Waals surface area contributed by atoms with Crippen molar-refractivity contribution in [3.63, 3.8) is 0 Å². The highest BCUT2D eigenvalue weighted by Crippen LogP contribution is 2.37. The van der Waals surface area contributed by atoms with Crippen LogP contribution in [0.3, 0.4) is 0 Å². The third kappa shape index (κ3) is 6.21. The number of alkyl halides is 3. The van der Waals surface area contributed by atoms with Crippen molar-refractivity contribution in [1.82, 2.24) is 24.6 Å². The third-order valence-electron chi connectivity index (χ3n) is 5.88. The number of nitrogens with two attached hydrogens (primary N) is 3. The molecule has 44 heavy (non-hydrogen) atoms. The molecule has 0 fully saturated rings. The number of hydrogen-bond acceptors (Lipinski definition) is 13. The number of rotatable bonds is 7. The van der Waals surface area contributed by atoms with Crippen molar-refractivity contribution in [2.45, 2.75) is 24.9 Å². The van der Waals surface area contributed by atoms with Crippen LogP contribution in [0.5, 0.6) is 0 Å². The van der Waals surface area contributed by atoms with Crippen LogP contribution in [0.2, 0.25) is 0 Å². The summed E-state index contributed by atoms with van der Waals surface area (Å²) in [6, 6.07) is 11.2. The zero-order chi connectivity index (χ0) is 31.8. The number of nitrogens with zero attached hydrogens (tertiary/aromatic N) is 9. The molecule has 2 aromatic carbocycles. The minimum atomic E-state index is -4.49. The van der Waals surface area contributed by atoms with E-state index in [1.54, 1.807) is 19.9 Å². The Kier molecular flexibility index (Phi) is 7.56. The zero-order valence-corrected chi connectivity index (χ0v) is 23.6. The summed E-state index contributed by atoms with van der Waals surface area (Å²) in [5.74, 6) is -0.453. The van der Waals surface area contributed by atoms with Gasteiger partial charge in [0.15, 0.2) is 34.5 Å². The second kappa shape index (κ2) is 11.2. The summed E-state index contributed by atoms with van der Waals surface area (Å²) in [4.78, 5) is 12.3. The van der Waals surface area contributed by atoms with E-state index < -0.39 is 21.8 Å². The molecule has 226 valence electrons. The average molecular weight is 626 g/mol. The molecule has 0 radical (unpaired) electrons. The minimum Gasteiger partial charge on any atom is -0.382 e. The van der Waals surface area contributed by atoms with Crippen molar-refractivity contribution >= 4 is 61.8 Å². The van der Waals surface area contributed by atoms with Crippen LogP contribution in [0.4, 0.5) is 59.3 Å². The lowest BCUT2D eigenvalue weighted by Gasteiger charge is -2.08. The monoisotopic (exact) mass is 625 g/mol. The number of aryl methyl sites for hydroxylation is 2. The molecule has 5 rings (SSSR count). The zero-order valence-electron chi connectivity index (χ0n) is 22.8. The predicted molar refractivity (Wildman–Crippen MR) is 155 cm³/mol. The molecule has 0 saturated heterocycles. The Morgan fingerprint density at radius 3 is 1.89 bits per heavy atom. The first kappa shape index (κ1) is 29.8. The number of fused-ring (bicyclic) bond motifs is 1. The molecule has 7 N–H and O–H groups in total. The number of nitrogens with one attached hydrogen (secondary N) is 1. The first-order chi connectivity index (χ1) is 20.7. The maximum absolute atomic E-state index is 12.8. The van der Waals surface area contributed by atoms with Crippen molar-refractivity contribution in [2.75, 3.05) is 21.9 Å². The summed E-state index contributed by atoms with van der Waals surface area (Å²) in [5.41, 5.74) is 18.9. The van der Waals surface area contributed by atoms with Gasteiger partial charge in [-0.3, -0.25) is 0 Å². The minimum absolute atomic E-state index is 0.0157. The van der Waals surface area contributed by atoms with Crippen LogP contribution in [0.1, 0.15) is 17.0 Å².